The highest BCUT2D eigenvalue weighted by Crippen LogP contribution is 2.23. The number of amides is 1. The first-order valence-corrected chi connectivity index (χ1v) is 9.65. The largest absolute Gasteiger partial charge is 0.381 e. The van der Waals surface area contributed by atoms with Gasteiger partial charge in [0.25, 0.3) is 0 Å². The van der Waals surface area contributed by atoms with Gasteiger partial charge in [-0.25, -0.2) is 0 Å². The van der Waals surface area contributed by atoms with E-state index in [0.717, 1.165) is 77.3 Å². The summed E-state index contributed by atoms with van der Waals surface area (Å²) in [5.74, 6) is 0.288. The van der Waals surface area contributed by atoms with Crippen LogP contribution >= 0.6 is 0 Å². The van der Waals surface area contributed by atoms with Gasteiger partial charge in [0.15, 0.2) is 0 Å². The number of aromatic nitrogens is 2. The van der Waals surface area contributed by atoms with Crippen LogP contribution in [0.3, 0.4) is 0 Å². The van der Waals surface area contributed by atoms with Crippen LogP contribution in [-0.4, -0.2) is 59.5 Å². The second kappa shape index (κ2) is 7.85. The third-order valence-corrected chi connectivity index (χ3v) is 5.69. The third kappa shape index (κ3) is 4.04. The lowest BCUT2D eigenvalue weighted by atomic mass is 9.94. The molecule has 2 saturated heterocycles. The van der Waals surface area contributed by atoms with Crippen molar-refractivity contribution in [3.8, 4) is 0 Å². The Bertz CT molecular complexity index is 573. The Morgan fingerprint density at radius 3 is 3.04 bits per heavy atom. The van der Waals surface area contributed by atoms with Crippen molar-refractivity contribution in [2.75, 3.05) is 32.8 Å². The maximum Gasteiger partial charge on any atom is 0.224 e. The second-order valence-electron chi connectivity index (χ2n) is 7.42. The van der Waals surface area contributed by atoms with E-state index in [1.54, 1.807) is 0 Å². The van der Waals surface area contributed by atoms with Crippen molar-refractivity contribution in [2.24, 2.45) is 5.92 Å². The predicted molar refractivity (Wildman–Crippen MR) is 93.9 cm³/mol. The lowest BCUT2D eigenvalue weighted by Gasteiger charge is -2.39. The minimum atomic E-state index is 0.107. The van der Waals surface area contributed by atoms with E-state index >= 15 is 0 Å². The Balaban J connectivity index is 1.29. The van der Waals surface area contributed by atoms with E-state index < -0.39 is 0 Å². The molecule has 3 aliphatic rings. The maximum atomic E-state index is 12.6. The number of hydrogen-bond acceptors (Lipinski definition) is 5. The average molecular weight is 347 g/mol. The highest BCUT2D eigenvalue weighted by molar-refractivity contribution is 5.78. The van der Waals surface area contributed by atoms with Crippen LogP contribution in [0.25, 0.3) is 0 Å². The van der Waals surface area contributed by atoms with Crippen molar-refractivity contribution >= 4 is 5.91 Å². The van der Waals surface area contributed by atoms with Crippen LogP contribution in [0.1, 0.15) is 37.1 Å². The molecule has 0 spiro atoms. The van der Waals surface area contributed by atoms with Crippen molar-refractivity contribution < 1.29 is 9.53 Å². The summed E-state index contributed by atoms with van der Waals surface area (Å²) < 4.78 is 7.51. The van der Waals surface area contributed by atoms with Crippen LogP contribution in [0.15, 0.2) is 6.07 Å². The van der Waals surface area contributed by atoms with Crippen molar-refractivity contribution in [3.05, 3.63) is 17.5 Å². The van der Waals surface area contributed by atoms with Gasteiger partial charge >= 0.3 is 0 Å². The molecule has 0 aliphatic carbocycles. The predicted octanol–water partition coefficient (Wildman–Crippen LogP) is 0.494. The van der Waals surface area contributed by atoms with Gasteiger partial charge in [-0.3, -0.25) is 14.4 Å². The standard InChI is InChI=1S/C18H29N5O2/c24-18(20-11-15-10-17-12-19-5-7-23(17)21-15)14-2-1-6-22(13-14)16-3-8-25-9-4-16/h10,14,16,19H,1-9,11-13H2,(H,20,24)/t14-/m0/s1. The van der Waals surface area contributed by atoms with Crippen molar-refractivity contribution in [1.82, 2.24) is 25.3 Å². The Hall–Kier alpha value is -1.44. The van der Waals surface area contributed by atoms with Crippen LogP contribution in [0.2, 0.25) is 0 Å². The molecule has 4 heterocycles. The van der Waals surface area contributed by atoms with E-state index in [4.69, 9.17) is 4.74 Å². The fourth-order valence-electron chi connectivity index (χ4n) is 4.26. The monoisotopic (exact) mass is 347 g/mol. The Labute approximate surface area is 149 Å². The van der Waals surface area contributed by atoms with Crippen molar-refractivity contribution in [2.45, 2.75) is 51.4 Å². The Morgan fingerprint density at radius 2 is 2.20 bits per heavy atom. The summed E-state index contributed by atoms with van der Waals surface area (Å²) in [5, 5.41) is 11.1. The summed E-state index contributed by atoms with van der Waals surface area (Å²) in [4.78, 5) is 15.1. The molecule has 2 N–H and O–H groups in total. The first-order valence-electron chi connectivity index (χ1n) is 9.65. The molecule has 0 unspecified atom stereocenters. The van der Waals surface area contributed by atoms with Crippen LogP contribution in [0.5, 0.6) is 0 Å². The highest BCUT2D eigenvalue weighted by Gasteiger charge is 2.30. The number of carbonyl (C=O) groups is 1. The lowest BCUT2D eigenvalue weighted by molar-refractivity contribution is -0.127. The molecule has 1 aromatic rings. The fraction of sp³-hybridized carbons (Fsp3) is 0.778. The second-order valence-corrected chi connectivity index (χ2v) is 7.42. The molecule has 25 heavy (non-hydrogen) atoms. The number of carbonyl (C=O) groups excluding carboxylic acids is 1. The van der Waals surface area contributed by atoms with Gasteiger partial charge in [0.1, 0.15) is 0 Å². The maximum absolute atomic E-state index is 12.6. The molecule has 1 atom stereocenters. The van der Waals surface area contributed by atoms with Gasteiger partial charge in [-0.2, -0.15) is 5.10 Å². The van der Waals surface area contributed by atoms with E-state index in [0.29, 0.717) is 12.6 Å². The van der Waals surface area contributed by atoms with Gasteiger partial charge in [0.2, 0.25) is 5.91 Å². The van der Waals surface area contributed by atoms with E-state index in [9.17, 15) is 4.79 Å². The third-order valence-electron chi connectivity index (χ3n) is 5.69. The van der Waals surface area contributed by atoms with E-state index in [1.807, 2.05) is 4.68 Å². The first-order chi connectivity index (χ1) is 12.3. The van der Waals surface area contributed by atoms with Crippen LogP contribution < -0.4 is 10.6 Å². The zero-order chi connectivity index (χ0) is 17.1. The molecular weight excluding hydrogens is 318 g/mol. The minimum absolute atomic E-state index is 0.107. The normalized spacial score (nSPS) is 25.5. The number of nitrogens with one attached hydrogen (secondary N) is 2. The number of ether oxygens (including phenoxy) is 1. The summed E-state index contributed by atoms with van der Waals surface area (Å²) in [6.07, 6.45) is 4.31. The minimum Gasteiger partial charge on any atom is -0.381 e. The topological polar surface area (TPSA) is 71.4 Å². The van der Waals surface area contributed by atoms with E-state index in [1.165, 1.54) is 5.69 Å². The molecule has 3 aliphatic heterocycles. The summed E-state index contributed by atoms with van der Waals surface area (Å²) in [7, 11) is 0. The summed E-state index contributed by atoms with van der Waals surface area (Å²) >= 11 is 0. The van der Waals surface area contributed by atoms with E-state index in [-0.39, 0.29) is 11.8 Å². The first kappa shape index (κ1) is 17.0. The number of hydrogen-bond donors (Lipinski definition) is 2. The zero-order valence-corrected chi connectivity index (χ0v) is 14.9. The van der Waals surface area contributed by atoms with Gasteiger partial charge in [-0.15, -0.1) is 0 Å². The molecule has 1 amide bonds. The Kier molecular flexibility index (Phi) is 5.33. The zero-order valence-electron chi connectivity index (χ0n) is 14.9. The molecule has 4 rings (SSSR count). The molecular formula is C18H29N5O2. The number of rotatable bonds is 4. The SMILES string of the molecule is O=C(NCc1cc2n(n1)CCNC2)[C@H]1CCCN(C2CCOCC2)C1. The average Bonchev–Trinajstić information content (AvgIpc) is 3.10. The number of nitrogens with zero attached hydrogens (tertiary/aromatic N) is 3. The molecule has 138 valence electrons. The Morgan fingerprint density at radius 1 is 1.32 bits per heavy atom. The van der Waals surface area contributed by atoms with Crippen LogP contribution in [0, 0.1) is 5.92 Å². The van der Waals surface area contributed by atoms with Crippen molar-refractivity contribution in [1.29, 1.82) is 0 Å². The van der Waals surface area contributed by atoms with Crippen LogP contribution in [-0.2, 0) is 29.2 Å². The van der Waals surface area contributed by atoms with Gasteiger partial charge in [-0.05, 0) is 38.3 Å². The molecule has 7 nitrogen and oxygen atoms in total. The molecule has 0 aromatic carbocycles. The van der Waals surface area contributed by atoms with E-state index in [2.05, 4.69) is 26.7 Å². The molecule has 2 fully saturated rings. The van der Waals surface area contributed by atoms with Gasteiger partial charge in [0.05, 0.1) is 30.4 Å². The lowest BCUT2D eigenvalue weighted by Crippen LogP contribution is -2.48. The quantitative estimate of drug-likeness (QED) is 0.830. The number of piperidine rings is 1. The van der Waals surface area contributed by atoms with Crippen LogP contribution in [0.4, 0.5) is 0 Å². The fourth-order valence-corrected chi connectivity index (χ4v) is 4.26. The van der Waals surface area contributed by atoms with Gasteiger partial charge in [-0.1, -0.05) is 0 Å². The highest BCUT2D eigenvalue weighted by atomic mass is 16.5. The number of fused-ring (bicyclic) bond motifs is 1. The molecule has 0 bridgehead atoms. The van der Waals surface area contributed by atoms with Gasteiger partial charge in [0, 0.05) is 38.9 Å². The smallest absolute Gasteiger partial charge is 0.224 e. The summed E-state index contributed by atoms with van der Waals surface area (Å²) in [5.41, 5.74) is 2.17. The molecule has 0 radical (unpaired) electrons. The molecule has 0 saturated carbocycles. The molecule has 1 aromatic heterocycles. The van der Waals surface area contributed by atoms with Crippen molar-refractivity contribution in [3.63, 3.8) is 0 Å². The van der Waals surface area contributed by atoms with Gasteiger partial charge < -0.3 is 15.4 Å². The summed E-state index contributed by atoms with van der Waals surface area (Å²) in [6.45, 7) is 7.00. The number of likely N-dealkylation sites (tertiary alicyclic amines) is 1. The summed E-state index contributed by atoms with van der Waals surface area (Å²) in [6, 6.07) is 2.69. The molecule has 7 heteroatoms.